The molecule has 0 spiro atoms. The van der Waals surface area contributed by atoms with Gasteiger partial charge in [0.25, 0.3) is 0 Å². The minimum absolute atomic E-state index is 0.0301. The lowest BCUT2D eigenvalue weighted by Crippen LogP contribution is -2.37. The van der Waals surface area contributed by atoms with E-state index in [1.54, 1.807) is 0 Å². The van der Waals surface area contributed by atoms with E-state index in [0.717, 1.165) is 53.5 Å². The van der Waals surface area contributed by atoms with Gasteiger partial charge in [0.2, 0.25) is 0 Å². The van der Waals surface area contributed by atoms with Crippen LogP contribution in [0.4, 0.5) is 4.39 Å². The number of aliphatic hydroxyl groups excluding tert-OH is 1. The predicted octanol–water partition coefficient (Wildman–Crippen LogP) is 5.79. The van der Waals surface area contributed by atoms with Crippen LogP contribution in [0.5, 0.6) is 0 Å². The smallest absolute Gasteiger partial charge is 0.199 e. The fourth-order valence-corrected chi connectivity index (χ4v) is 6.10. The van der Waals surface area contributed by atoms with Crippen molar-refractivity contribution >= 4 is 32.8 Å². The van der Waals surface area contributed by atoms with E-state index in [0.29, 0.717) is 34.9 Å². The van der Waals surface area contributed by atoms with Gasteiger partial charge in [-0.05, 0) is 94.8 Å². The second-order valence-electron chi connectivity index (χ2n) is 10.6. The van der Waals surface area contributed by atoms with E-state index in [9.17, 15) is 9.90 Å². The molecule has 1 atom stereocenters. The van der Waals surface area contributed by atoms with E-state index in [1.165, 1.54) is 0 Å². The molecular weight excluding hydrogens is 441 g/mol. The topological polar surface area (TPSA) is 61.3 Å². The number of aromatic amines is 1. The second-order valence-corrected chi connectivity index (χ2v) is 10.6. The average molecular weight is 478 g/mol. The number of H-pyrrole nitrogens is 1. The van der Waals surface area contributed by atoms with Gasteiger partial charge in [-0.15, -0.1) is 0 Å². The van der Waals surface area contributed by atoms with Gasteiger partial charge >= 0.3 is 0 Å². The highest BCUT2D eigenvalue weighted by Gasteiger charge is 2.29. The standard InChI is InChI=1S/C29H36FN3O2/c1-6-19-14-22-27(26(30)24(19)20-9-11-32(12-10-20)15-18(5)34)33(16(2)3)29-25(28(22)35)21-8-7-17(4)13-23(21)31-29/h7-8,13-14,16,18,20,31,34H,6,9-12,15H2,1-5H3/t18-/m0/s1. The van der Waals surface area contributed by atoms with Gasteiger partial charge in [0.15, 0.2) is 11.2 Å². The molecule has 2 N–H and O–H groups in total. The Morgan fingerprint density at radius 2 is 1.86 bits per heavy atom. The predicted molar refractivity (Wildman–Crippen MR) is 142 cm³/mol. The molecule has 1 fully saturated rings. The number of pyridine rings is 1. The summed E-state index contributed by atoms with van der Waals surface area (Å²) in [5, 5.41) is 11.8. The monoisotopic (exact) mass is 477 g/mol. The molecule has 1 saturated heterocycles. The number of fused-ring (bicyclic) bond motifs is 4. The van der Waals surface area contributed by atoms with Crippen LogP contribution in [0.15, 0.2) is 29.1 Å². The van der Waals surface area contributed by atoms with Gasteiger partial charge < -0.3 is 19.6 Å². The van der Waals surface area contributed by atoms with Crippen LogP contribution >= 0.6 is 0 Å². The van der Waals surface area contributed by atoms with Crippen molar-refractivity contribution in [3.05, 3.63) is 57.0 Å². The lowest BCUT2D eigenvalue weighted by Gasteiger charge is -2.34. The molecule has 0 amide bonds. The molecule has 0 aliphatic carbocycles. The van der Waals surface area contributed by atoms with Crippen LogP contribution in [-0.4, -0.2) is 45.3 Å². The molecule has 2 aromatic heterocycles. The van der Waals surface area contributed by atoms with Crippen LogP contribution in [0.3, 0.4) is 0 Å². The van der Waals surface area contributed by atoms with Crippen LogP contribution in [0, 0.1) is 12.7 Å². The molecule has 5 rings (SSSR count). The highest BCUT2D eigenvalue weighted by Crippen LogP contribution is 2.38. The summed E-state index contributed by atoms with van der Waals surface area (Å²) in [6.07, 6.45) is 2.02. The summed E-state index contributed by atoms with van der Waals surface area (Å²) < 4.78 is 18.6. The highest BCUT2D eigenvalue weighted by atomic mass is 19.1. The number of β-amino-alcohol motifs (C(OH)–C–C–N with tert-alkyl or cyclic N) is 1. The van der Waals surface area contributed by atoms with Gasteiger partial charge in [-0.2, -0.15) is 0 Å². The maximum atomic E-state index is 16.6. The van der Waals surface area contributed by atoms with Crippen LogP contribution < -0.4 is 5.43 Å². The van der Waals surface area contributed by atoms with Crippen LogP contribution in [0.2, 0.25) is 0 Å². The SMILES string of the molecule is CCc1cc2c(=O)c3c4ccc(C)cc4[nH]c3n(C(C)C)c2c(F)c1C1CCN(C[C@H](C)O)CC1. The maximum absolute atomic E-state index is 16.6. The fraction of sp³-hybridized carbons (Fsp3) is 0.483. The summed E-state index contributed by atoms with van der Waals surface area (Å²) in [7, 11) is 0. The molecule has 3 heterocycles. The Balaban J connectivity index is 1.77. The zero-order valence-electron chi connectivity index (χ0n) is 21.4. The zero-order chi connectivity index (χ0) is 25.0. The molecule has 1 aliphatic rings. The summed E-state index contributed by atoms with van der Waals surface area (Å²) in [4.78, 5) is 19.5. The van der Waals surface area contributed by atoms with Crippen LogP contribution in [0.25, 0.3) is 32.8 Å². The molecule has 6 heteroatoms. The summed E-state index contributed by atoms with van der Waals surface area (Å²) in [5.41, 5.74) is 4.74. The van der Waals surface area contributed by atoms with Crippen molar-refractivity contribution < 1.29 is 9.50 Å². The van der Waals surface area contributed by atoms with E-state index in [1.807, 2.05) is 63.5 Å². The van der Waals surface area contributed by atoms with E-state index >= 15 is 4.39 Å². The number of nitrogens with one attached hydrogen (secondary N) is 1. The molecule has 4 aromatic rings. The fourth-order valence-electron chi connectivity index (χ4n) is 6.10. The normalized spacial score (nSPS) is 16.8. The largest absolute Gasteiger partial charge is 0.392 e. The zero-order valence-corrected chi connectivity index (χ0v) is 21.4. The van der Waals surface area contributed by atoms with Crippen molar-refractivity contribution in [2.45, 2.75) is 71.9 Å². The summed E-state index contributed by atoms with van der Waals surface area (Å²) in [6, 6.07) is 7.99. The highest BCUT2D eigenvalue weighted by molar-refractivity contribution is 6.10. The first kappa shape index (κ1) is 24.0. The van der Waals surface area contributed by atoms with E-state index in [2.05, 4.69) is 9.88 Å². The number of piperidine rings is 1. The minimum Gasteiger partial charge on any atom is -0.392 e. The first-order chi connectivity index (χ1) is 16.7. The van der Waals surface area contributed by atoms with Gasteiger partial charge in [0.05, 0.1) is 17.0 Å². The number of nitrogens with zero attached hydrogens (tertiary/aromatic N) is 2. The number of aliphatic hydroxyl groups is 1. The Kier molecular flexibility index (Phi) is 6.22. The van der Waals surface area contributed by atoms with Gasteiger partial charge in [0, 0.05) is 28.9 Å². The number of hydrogen-bond acceptors (Lipinski definition) is 3. The van der Waals surface area contributed by atoms with Gasteiger partial charge in [-0.1, -0.05) is 19.1 Å². The van der Waals surface area contributed by atoms with Gasteiger partial charge in [-0.3, -0.25) is 4.79 Å². The molecule has 0 bridgehead atoms. The lowest BCUT2D eigenvalue weighted by molar-refractivity contribution is 0.109. The maximum Gasteiger partial charge on any atom is 0.199 e. The Morgan fingerprint density at radius 1 is 1.14 bits per heavy atom. The van der Waals surface area contributed by atoms with E-state index < -0.39 is 0 Å². The second kappa shape index (κ2) is 9.07. The van der Waals surface area contributed by atoms with Crippen molar-refractivity contribution in [2.75, 3.05) is 19.6 Å². The molecule has 5 nitrogen and oxygen atoms in total. The Hall–Kier alpha value is -2.70. The molecular formula is C29H36FN3O2. The summed E-state index contributed by atoms with van der Waals surface area (Å²) >= 11 is 0. The van der Waals surface area contributed by atoms with Crippen molar-refractivity contribution in [2.24, 2.45) is 0 Å². The van der Waals surface area contributed by atoms with E-state index in [-0.39, 0.29) is 29.3 Å². The molecule has 0 radical (unpaired) electrons. The minimum atomic E-state index is -0.363. The summed E-state index contributed by atoms with van der Waals surface area (Å²) in [6.45, 7) is 12.3. The van der Waals surface area contributed by atoms with Crippen molar-refractivity contribution in [3.63, 3.8) is 0 Å². The van der Waals surface area contributed by atoms with Crippen molar-refractivity contribution in [1.82, 2.24) is 14.5 Å². The number of hydrogen-bond donors (Lipinski definition) is 2. The third-order valence-electron chi connectivity index (χ3n) is 7.67. The number of rotatable bonds is 5. The Bertz CT molecular complexity index is 1470. The molecule has 35 heavy (non-hydrogen) atoms. The van der Waals surface area contributed by atoms with Crippen molar-refractivity contribution in [3.8, 4) is 0 Å². The number of likely N-dealkylation sites (tertiary alicyclic amines) is 1. The molecule has 2 aromatic carbocycles. The number of halogens is 1. The first-order valence-electron chi connectivity index (χ1n) is 12.9. The van der Waals surface area contributed by atoms with Crippen molar-refractivity contribution in [1.29, 1.82) is 0 Å². The third-order valence-corrected chi connectivity index (χ3v) is 7.67. The number of aromatic nitrogens is 2. The number of benzene rings is 2. The number of aryl methyl sites for hydroxylation is 2. The molecule has 186 valence electrons. The molecule has 0 saturated carbocycles. The van der Waals surface area contributed by atoms with Crippen LogP contribution in [0.1, 0.15) is 69.2 Å². The third kappa shape index (κ3) is 3.97. The average Bonchev–Trinajstić information content (AvgIpc) is 3.18. The van der Waals surface area contributed by atoms with Crippen LogP contribution in [-0.2, 0) is 6.42 Å². The quantitative estimate of drug-likeness (QED) is 0.383. The lowest BCUT2D eigenvalue weighted by atomic mass is 9.84. The van der Waals surface area contributed by atoms with Gasteiger partial charge in [0.1, 0.15) is 5.65 Å². The van der Waals surface area contributed by atoms with E-state index in [4.69, 9.17) is 0 Å². The van der Waals surface area contributed by atoms with Gasteiger partial charge in [-0.25, -0.2) is 4.39 Å². The Labute approximate surface area is 205 Å². The molecule has 0 unspecified atom stereocenters. The first-order valence-corrected chi connectivity index (χ1v) is 12.9. The summed E-state index contributed by atoms with van der Waals surface area (Å²) in [5.74, 6) is -0.132. The Morgan fingerprint density at radius 3 is 2.49 bits per heavy atom. The molecule has 1 aliphatic heterocycles.